The molecule has 5 nitrogen and oxygen atoms in total. The quantitative estimate of drug-likeness (QED) is 0.491. The molecule has 0 saturated carbocycles. The monoisotopic (exact) mass is 192 g/mol. The van der Waals surface area contributed by atoms with Crippen molar-refractivity contribution in [1.82, 2.24) is 0 Å². The lowest BCUT2D eigenvalue weighted by Crippen LogP contribution is -2.08. The summed E-state index contributed by atoms with van der Waals surface area (Å²) in [4.78, 5) is 0. The lowest BCUT2D eigenvalue weighted by Gasteiger charge is -2.12. The molecule has 0 radical (unpaired) electrons. The van der Waals surface area contributed by atoms with Gasteiger partial charge in [-0.25, -0.2) is 4.57 Å². The van der Waals surface area contributed by atoms with E-state index in [2.05, 4.69) is 18.7 Å². The largest absolute Gasteiger partial charge is 0.539 e. The Morgan fingerprint density at radius 1 is 1.36 bits per heavy atom. The summed E-state index contributed by atoms with van der Waals surface area (Å²) in [5.74, 6) is 0. The Labute approximate surface area is 61.6 Å². The summed E-state index contributed by atoms with van der Waals surface area (Å²) in [5.41, 5.74) is 0. The van der Waals surface area contributed by atoms with Crippen LogP contribution in [-0.2, 0) is 23.3 Å². The average molecular weight is 192 g/mol. The van der Waals surface area contributed by atoms with Gasteiger partial charge in [-0.3, -0.25) is 4.52 Å². The molecule has 0 spiro atoms. The molecular formula is C3H7F2O5P. The van der Waals surface area contributed by atoms with E-state index in [0.717, 1.165) is 0 Å². The number of phosphoric acid groups is 1. The Kier molecular flexibility index (Phi) is 4.71. The van der Waals surface area contributed by atoms with Crippen LogP contribution in [0.3, 0.4) is 0 Å². The first kappa shape index (κ1) is 10.9. The number of halogens is 2. The standard InChI is InChI=1S/C3H7F2O5P/c1-3(7-2)8-11(6,9-4)10-5/h3H,1-2H3. The van der Waals surface area contributed by atoms with Crippen LogP contribution in [0.15, 0.2) is 0 Å². The average Bonchev–Trinajstić information content (AvgIpc) is 2.04. The van der Waals surface area contributed by atoms with Crippen LogP contribution in [0.4, 0.5) is 9.05 Å². The molecule has 0 bridgehead atoms. The maximum absolute atomic E-state index is 11.2. The minimum absolute atomic E-state index is 1.09. The molecule has 0 fully saturated rings. The Morgan fingerprint density at radius 2 is 1.82 bits per heavy atom. The first-order valence-corrected chi connectivity index (χ1v) is 3.96. The van der Waals surface area contributed by atoms with Gasteiger partial charge in [-0.1, -0.05) is 9.46 Å². The van der Waals surface area contributed by atoms with Gasteiger partial charge in [0, 0.05) is 7.11 Å². The summed E-state index contributed by atoms with van der Waals surface area (Å²) < 4.78 is 46.5. The fourth-order valence-corrected chi connectivity index (χ4v) is 0.804. The van der Waals surface area contributed by atoms with E-state index >= 15 is 0 Å². The first-order valence-electron chi connectivity index (χ1n) is 2.50. The van der Waals surface area contributed by atoms with E-state index in [1.54, 1.807) is 0 Å². The lowest BCUT2D eigenvalue weighted by molar-refractivity contribution is -0.150. The number of rotatable bonds is 5. The second-order valence-electron chi connectivity index (χ2n) is 1.49. The van der Waals surface area contributed by atoms with Gasteiger partial charge in [0.1, 0.15) is 0 Å². The molecule has 0 saturated heterocycles. The van der Waals surface area contributed by atoms with Gasteiger partial charge >= 0.3 is 7.82 Å². The molecular weight excluding hydrogens is 185 g/mol. The van der Waals surface area contributed by atoms with E-state index in [9.17, 15) is 13.6 Å². The minimum atomic E-state index is -4.71. The van der Waals surface area contributed by atoms with E-state index in [1.165, 1.54) is 14.0 Å². The van der Waals surface area contributed by atoms with E-state index in [1.807, 2.05) is 0 Å². The van der Waals surface area contributed by atoms with E-state index in [-0.39, 0.29) is 0 Å². The fourth-order valence-electron chi connectivity index (χ4n) is 0.268. The van der Waals surface area contributed by atoms with Gasteiger partial charge in [0.2, 0.25) is 0 Å². The van der Waals surface area contributed by atoms with Crippen LogP contribution >= 0.6 is 7.82 Å². The smallest absolute Gasteiger partial charge is 0.356 e. The lowest BCUT2D eigenvalue weighted by atomic mass is 10.8. The van der Waals surface area contributed by atoms with Gasteiger partial charge in [0.15, 0.2) is 6.29 Å². The van der Waals surface area contributed by atoms with Crippen LogP contribution in [-0.4, -0.2) is 13.4 Å². The zero-order chi connectivity index (χ0) is 8.91. The highest BCUT2D eigenvalue weighted by Crippen LogP contribution is 2.51. The van der Waals surface area contributed by atoms with Gasteiger partial charge in [-0.2, -0.15) is 0 Å². The van der Waals surface area contributed by atoms with Crippen molar-refractivity contribution < 1.29 is 32.3 Å². The zero-order valence-electron chi connectivity index (χ0n) is 5.82. The summed E-state index contributed by atoms with van der Waals surface area (Å²) >= 11 is 0. The van der Waals surface area contributed by atoms with E-state index in [4.69, 9.17) is 0 Å². The van der Waals surface area contributed by atoms with Crippen LogP contribution < -0.4 is 0 Å². The van der Waals surface area contributed by atoms with Gasteiger partial charge in [-0.05, 0) is 16.0 Å². The maximum atomic E-state index is 11.2. The predicted octanol–water partition coefficient (Wildman–Crippen LogP) is 1.91. The minimum Gasteiger partial charge on any atom is -0.356 e. The molecule has 0 heterocycles. The molecule has 1 atom stereocenters. The first-order chi connectivity index (χ1) is 5.08. The van der Waals surface area contributed by atoms with Crippen LogP contribution in [0.2, 0.25) is 0 Å². The molecule has 1 unspecified atom stereocenters. The van der Waals surface area contributed by atoms with Crippen LogP contribution in [0.25, 0.3) is 0 Å². The Bertz CT molecular complexity index is 145. The van der Waals surface area contributed by atoms with Crippen molar-refractivity contribution in [3.05, 3.63) is 0 Å². The highest BCUT2D eigenvalue weighted by atomic mass is 31.2. The molecule has 0 aromatic rings. The Morgan fingerprint density at radius 3 is 2.09 bits per heavy atom. The molecule has 8 heteroatoms. The van der Waals surface area contributed by atoms with Gasteiger partial charge < -0.3 is 4.74 Å². The molecule has 68 valence electrons. The summed E-state index contributed by atoms with van der Waals surface area (Å²) in [7, 11) is -3.53. The molecule has 0 aromatic carbocycles. The molecule has 0 aliphatic carbocycles. The van der Waals surface area contributed by atoms with Crippen molar-refractivity contribution in [2.75, 3.05) is 7.11 Å². The van der Waals surface area contributed by atoms with Crippen molar-refractivity contribution in [1.29, 1.82) is 0 Å². The SMILES string of the molecule is COC(C)OP(=O)(OF)OF. The van der Waals surface area contributed by atoms with E-state index in [0.29, 0.717) is 0 Å². The van der Waals surface area contributed by atoms with Gasteiger partial charge in [0.25, 0.3) is 0 Å². The Balaban J connectivity index is 3.97. The number of ether oxygens (including phenoxy) is 1. The van der Waals surface area contributed by atoms with E-state index < -0.39 is 14.1 Å². The second kappa shape index (κ2) is 4.74. The normalized spacial score (nSPS) is 14.9. The van der Waals surface area contributed by atoms with Crippen molar-refractivity contribution in [3.63, 3.8) is 0 Å². The zero-order valence-corrected chi connectivity index (χ0v) is 6.72. The van der Waals surface area contributed by atoms with Crippen LogP contribution in [0.5, 0.6) is 0 Å². The molecule has 11 heavy (non-hydrogen) atoms. The molecule has 0 aliphatic heterocycles. The summed E-state index contributed by atoms with van der Waals surface area (Å²) in [6.45, 7) is 1.25. The molecule has 0 aromatic heterocycles. The summed E-state index contributed by atoms with van der Waals surface area (Å²) in [6.07, 6.45) is -1.09. The Hall–Kier alpha value is -0.0700. The molecule has 0 amide bonds. The van der Waals surface area contributed by atoms with Crippen molar-refractivity contribution in [2.24, 2.45) is 0 Å². The third-order valence-corrected chi connectivity index (χ3v) is 1.67. The van der Waals surface area contributed by atoms with Gasteiger partial charge in [-0.15, -0.1) is 0 Å². The van der Waals surface area contributed by atoms with Crippen molar-refractivity contribution >= 4 is 7.82 Å². The highest BCUT2D eigenvalue weighted by Gasteiger charge is 2.32. The predicted molar refractivity (Wildman–Crippen MR) is 29.5 cm³/mol. The number of hydrogen-bond acceptors (Lipinski definition) is 5. The number of hydrogen-bond donors (Lipinski definition) is 0. The fraction of sp³-hybridized carbons (Fsp3) is 1.00. The van der Waals surface area contributed by atoms with Crippen molar-refractivity contribution in [3.8, 4) is 0 Å². The van der Waals surface area contributed by atoms with Crippen molar-refractivity contribution in [2.45, 2.75) is 13.2 Å². The molecule has 0 N–H and O–H groups in total. The maximum Gasteiger partial charge on any atom is 0.539 e. The number of methoxy groups -OCH3 is 1. The highest BCUT2D eigenvalue weighted by molar-refractivity contribution is 7.48. The summed E-state index contributed by atoms with van der Waals surface area (Å²) in [5, 5.41) is 0. The third kappa shape index (κ3) is 3.74. The van der Waals surface area contributed by atoms with Gasteiger partial charge in [0.05, 0.1) is 0 Å². The second-order valence-corrected chi connectivity index (χ2v) is 2.88. The molecule has 0 aliphatic rings. The topological polar surface area (TPSA) is 54.0 Å². The summed E-state index contributed by atoms with van der Waals surface area (Å²) in [6, 6.07) is 0. The van der Waals surface area contributed by atoms with Crippen LogP contribution in [0, 0.1) is 0 Å². The molecule has 0 rings (SSSR count). The third-order valence-electron chi connectivity index (χ3n) is 0.779. The van der Waals surface area contributed by atoms with Crippen LogP contribution in [0.1, 0.15) is 6.92 Å².